The first kappa shape index (κ1) is 13.7. The molecule has 0 aromatic carbocycles. The maximum Gasteiger partial charge on any atom is 0.254 e. The zero-order chi connectivity index (χ0) is 12.8. The summed E-state index contributed by atoms with van der Waals surface area (Å²) in [6, 6.07) is 0. The van der Waals surface area contributed by atoms with Crippen molar-refractivity contribution in [1.29, 1.82) is 0 Å². The molecule has 17 heavy (non-hydrogen) atoms. The Balaban J connectivity index is 2.35. The fourth-order valence-corrected chi connectivity index (χ4v) is 1.42. The van der Waals surface area contributed by atoms with Gasteiger partial charge in [-0.15, -0.1) is 0 Å². The lowest BCUT2D eigenvalue weighted by Gasteiger charge is -2.14. The third kappa shape index (κ3) is 4.19. The normalized spacial score (nSPS) is 12.8. The minimum absolute atomic E-state index is 0.138. The highest BCUT2D eigenvalue weighted by molar-refractivity contribution is 5.93. The molecule has 1 heterocycles. The Kier molecular flexibility index (Phi) is 5.15. The van der Waals surface area contributed by atoms with Crippen LogP contribution in [-0.4, -0.2) is 33.4 Å². The van der Waals surface area contributed by atoms with E-state index in [2.05, 4.69) is 10.4 Å². The SMILES string of the molecule is CCn1cc(C(=O)NCCC(O)C(C)C)cn1. The monoisotopic (exact) mass is 239 g/mol. The number of aryl methyl sites for hydroxylation is 1. The quantitative estimate of drug-likeness (QED) is 0.779. The Labute approximate surface area is 102 Å². The van der Waals surface area contributed by atoms with Crippen molar-refractivity contribution < 1.29 is 9.90 Å². The highest BCUT2D eigenvalue weighted by atomic mass is 16.3. The molecule has 1 atom stereocenters. The molecule has 1 amide bonds. The Hall–Kier alpha value is -1.36. The zero-order valence-electron chi connectivity index (χ0n) is 10.7. The van der Waals surface area contributed by atoms with Gasteiger partial charge >= 0.3 is 0 Å². The molecule has 1 rings (SSSR count). The number of carbonyl (C=O) groups is 1. The number of rotatable bonds is 6. The molecule has 0 aliphatic rings. The average molecular weight is 239 g/mol. The van der Waals surface area contributed by atoms with E-state index < -0.39 is 0 Å². The van der Waals surface area contributed by atoms with Crippen molar-refractivity contribution in [3.05, 3.63) is 18.0 Å². The van der Waals surface area contributed by atoms with Crippen LogP contribution < -0.4 is 5.32 Å². The van der Waals surface area contributed by atoms with Crippen molar-refractivity contribution in [3.63, 3.8) is 0 Å². The first-order valence-electron chi connectivity index (χ1n) is 6.03. The van der Waals surface area contributed by atoms with Gasteiger partial charge in [0.1, 0.15) is 0 Å². The molecule has 0 spiro atoms. The van der Waals surface area contributed by atoms with Gasteiger partial charge in [-0.1, -0.05) is 13.8 Å². The van der Waals surface area contributed by atoms with Crippen LogP contribution in [0.4, 0.5) is 0 Å². The van der Waals surface area contributed by atoms with E-state index in [-0.39, 0.29) is 17.9 Å². The van der Waals surface area contributed by atoms with Gasteiger partial charge in [-0.3, -0.25) is 9.48 Å². The third-order valence-corrected chi connectivity index (χ3v) is 2.71. The molecule has 96 valence electrons. The van der Waals surface area contributed by atoms with E-state index in [0.29, 0.717) is 18.5 Å². The molecule has 1 unspecified atom stereocenters. The van der Waals surface area contributed by atoms with Gasteiger partial charge in [0.25, 0.3) is 5.91 Å². The van der Waals surface area contributed by atoms with Crippen LogP contribution in [-0.2, 0) is 6.54 Å². The summed E-state index contributed by atoms with van der Waals surface area (Å²) >= 11 is 0. The number of aliphatic hydroxyl groups is 1. The summed E-state index contributed by atoms with van der Waals surface area (Å²) in [5, 5.41) is 16.4. The van der Waals surface area contributed by atoms with Crippen LogP contribution in [0.3, 0.4) is 0 Å². The van der Waals surface area contributed by atoms with E-state index in [1.807, 2.05) is 20.8 Å². The standard InChI is InChI=1S/C12H21N3O2/c1-4-15-8-10(7-14-15)12(17)13-6-5-11(16)9(2)3/h7-9,11,16H,4-6H2,1-3H3,(H,13,17). The molecule has 0 aliphatic carbocycles. The molecule has 0 saturated carbocycles. The number of carbonyl (C=O) groups excluding carboxylic acids is 1. The molecule has 5 heteroatoms. The molecular formula is C12H21N3O2. The predicted molar refractivity (Wildman–Crippen MR) is 65.7 cm³/mol. The number of hydrogen-bond acceptors (Lipinski definition) is 3. The summed E-state index contributed by atoms with van der Waals surface area (Å²) < 4.78 is 1.71. The van der Waals surface area contributed by atoms with Gasteiger partial charge in [0.15, 0.2) is 0 Å². The van der Waals surface area contributed by atoms with Crippen LogP contribution in [0.5, 0.6) is 0 Å². The fraction of sp³-hybridized carbons (Fsp3) is 0.667. The second-order valence-corrected chi connectivity index (χ2v) is 4.44. The van der Waals surface area contributed by atoms with Crippen LogP contribution in [0.1, 0.15) is 37.6 Å². The molecule has 0 aliphatic heterocycles. The van der Waals surface area contributed by atoms with Gasteiger partial charge < -0.3 is 10.4 Å². The summed E-state index contributed by atoms with van der Waals surface area (Å²) in [6.45, 7) is 7.11. The minimum atomic E-state index is -0.367. The molecule has 0 fully saturated rings. The minimum Gasteiger partial charge on any atom is -0.393 e. The largest absolute Gasteiger partial charge is 0.393 e. The maximum absolute atomic E-state index is 11.7. The second kappa shape index (κ2) is 6.39. The molecule has 1 aromatic heterocycles. The fourth-order valence-electron chi connectivity index (χ4n) is 1.42. The Morgan fingerprint density at radius 2 is 2.29 bits per heavy atom. The summed E-state index contributed by atoms with van der Waals surface area (Å²) in [5.74, 6) is 0.0791. The summed E-state index contributed by atoms with van der Waals surface area (Å²) in [5.41, 5.74) is 0.561. The van der Waals surface area contributed by atoms with Gasteiger partial charge in [-0.25, -0.2) is 0 Å². The molecule has 0 saturated heterocycles. The summed E-state index contributed by atoms with van der Waals surface area (Å²) in [6.07, 6.45) is 3.48. The highest BCUT2D eigenvalue weighted by Crippen LogP contribution is 2.04. The number of amides is 1. The molecule has 0 radical (unpaired) electrons. The summed E-state index contributed by atoms with van der Waals surface area (Å²) in [7, 11) is 0. The Bertz CT molecular complexity index is 360. The predicted octanol–water partition coefficient (Wildman–Crippen LogP) is 1.04. The lowest BCUT2D eigenvalue weighted by atomic mass is 10.0. The van der Waals surface area contributed by atoms with E-state index in [4.69, 9.17) is 0 Å². The smallest absolute Gasteiger partial charge is 0.254 e. The lowest BCUT2D eigenvalue weighted by molar-refractivity contribution is 0.0920. The van der Waals surface area contributed by atoms with E-state index >= 15 is 0 Å². The van der Waals surface area contributed by atoms with Gasteiger partial charge in [0.05, 0.1) is 17.9 Å². The van der Waals surface area contributed by atoms with Crippen molar-refractivity contribution in [2.24, 2.45) is 5.92 Å². The van der Waals surface area contributed by atoms with Crippen molar-refractivity contribution in [2.45, 2.75) is 39.8 Å². The van der Waals surface area contributed by atoms with Crippen LogP contribution in [0.2, 0.25) is 0 Å². The first-order chi connectivity index (χ1) is 8.04. The topological polar surface area (TPSA) is 67.2 Å². The van der Waals surface area contributed by atoms with Gasteiger partial charge in [0, 0.05) is 19.3 Å². The molecular weight excluding hydrogens is 218 g/mol. The molecule has 2 N–H and O–H groups in total. The van der Waals surface area contributed by atoms with Crippen LogP contribution >= 0.6 is 0 Å². The van der Waals surface area contributed by atoms with Crippen LogP contribution in [0.25, 0.3) is 0 Å². The van der Waals surface area contributed by atoms with Crippen molar-refractivity contribution >= 4 is 5.91 Å². The number of aliphatic hydroxyl groups excluding tert-OH is 1. The van der Waals surface area contributed by atoms with E-state index in [1.165, 1.54) is 0 Å². The average Bonchev–Trinajstić information content (AvgIpc) is 2.77. The molecule has 0 bridgehead atoms. The van der Waals surface area contributed by atoms with Crippen molar-refractivity contribution in [3.8, 4) is 0 Å². The van der Waals surface area contributed by atoms with Crippen molar-refractivity contribution in [1.82, 2.24) is 15.1 Å². The lowest BCUT2D eigenvalue weighted by Crippen LogP contribution is -2.28. The third-order valence-electron chi connectivity index (χ3n) is 2.71. The maximum atomic E-state index is 11.7. The molecule has 5 nitrogen and oxygen atoms in total. The van der Waals surface area contributed by atoms with Gasteiger partial charge in [-0.05, 0) is 19.3 Å². The summed E-state index contributed by atoms with van der Waals surface area (Å²) in [4.78, 5) is 11.7. The molecule has 1 aromatic rings. The first-order valence-corrected chi connectivity index (χ1v) is 6.03. The number of nitrogens with zero attached hydrogens (tertiary/aromatic N) is 2. The van der Waals surface area contributed by atoms with E-state index in [0.717, 1.165) is 6.54 Å². The zero-order valence-corrected chi connectivity index (χ0v) is 10.7. The number of nitrogens with one attached hydrogen (secondary N) is 1. The van der Waals surface area contributed by atoms with Crippen molar-refractivity contribution in [2.75, 3.05) is 6.54 Å². The van der Waals surface area contributed by atoms with E-state index in [9.17, 15) is 9.90 Å². The van der Waals surface area contributed by atoms with Crippen LogP contribution in [0.15, 0.2) is 12.4 Å². The van der Waals surface area contributed by atoms with Crippen LogP contribution in [0, 0.1) is 5.92 Å². The Morgan fingerprint density at radius 3 is 2.82 bits per heavy atom. The van der Waals surface area contributed by atoms with Gasteiger partial charge in [0.2, 0.25) is 0 Å². The second-order valence-electron chi connectivity index (χ2n) is 4.44. The highest BCUT2D eigenvalue weighted by Gasteiger charge is 2.11. The number of aromatic nitrogens is 2. The van der Waals surface area contributed by atoms with E-state index in [1.54, 1.807) is 17.1 Å². The Morgan fingerprint density at radius 1 is 1.59 bits per heavy atom. The van der Waals surface area contributed by atoms with Gasteiger partial charge in [-0.2, -0.15) is 5.10 Å². The number of hydrogen-bond donors (Lipinski definition) is 2.